The van der Waals surface area contributed by atoms with Crippen LogP contribution in [0.4, 0.5) is 11.4 Å². The Morgan fingerprint density at radius 1 is 0.906 bits per heavy atom. The molecule has 4 heteroatoms. The Balaban J connectivity index is 1.85. The molecule has 0 aliphatic rings. The first kappa shape index (κ1) is 24.1. The van der Waals surface area contributed by atoms with Crippen LogP contribution in [0.3, 0.4) is 0 Å². The predicted octanol–water partition coefficient (Wildman–Crippen LogP) is 8.49. The third-order valence-electron chi connectivity index (χ3n) is 5.51. The third kappa shape index (κ3) is 5.80. The van der Waals surface area contributed by atoms with Crippen molar-refractivity contribution in [1.29, 1.82) is 0 Å². The van der Waals surface area contributed by atoms with E-state index in [-0.39, 0.29) is 0 Å². The summed E-state index contributed by atoms with van der Waals surface area (Å²) < 4.78 is 0.991. The molecule has 3 nitrogen and oxygen atoms in total. The van der Waals surface area contributed by atoms with Crippen molar-refractivity contribution in [2.45, 2.75) is 59.8 Å². The Hall–Kier alpha value is -2.59. The first-order chi connectivity index (χ1) is 15.3. The normalized spacial score (nSPS) is 12.3. The van der Waals surface area contributed by atoms with Crippen molar-refractivity contribution in [3.63, 3.8) is 0 Å². The second kappa shape index (κ2) is 10.8. The van der Waals surface area contributed by atoms with Gasteiger partial charge in [0.1, 0.15) is 0 Å². The topological polar surface area (TPSA) is 37.6 Å². The van der Waals surface area contributed by atoms with Crippen molar-refractivity contribution in [3.05, 3.63) is 87.1 Å². The van der Waals surface area contributed by atoms with Crippen LogP contribution in [0.5, 0.6) is 0 Å². The first-order valence-corrected chi connectivity index (χ1v) is 12.0. The lowest BCUT2D eigenvalue weighted by molar-refractivity contribution is 0.835. The lowest BCUT2D eigenvalue weighted by Crippen LogP contribution is -2.02. The number of hydrogen-bond acceptors (Lipinski definition) is 3. The van der Waals surface area contributed by atoms with Crippen LogP contribution in [-0.2, 0) is 6.42 Å². The molecule has 0 amide bonds. The molecule has 2 aromatic carbocycles. The van der Waals surface area contributed by atoms with Gasteiger partial charge in [-0.3, -0.25) is 15.0 Å². The zero-order chi connectivity index (χ0) is 23.3. The van der Waals surface area contributed by atoms with Gasteiger partial charge < -0.3 is 0 Å². The summed E-state index contributed by atoms with van der Waals surface area (Å²) >= 11 is 3.61. The maximum atomic E-state index is 4.91. The monoisotopic (exact) mass is 489 g/mol. The molecule has 0 atom stereocenters. The minimum absolute atomic E-state index is 0.432. The number of hydrogen-bond donors (Lipinski definition) is 0. The zero-order valence-corrected chi connectivity index (χ0v) is 21.4. The van der Waals surface area contributed by atoms with Gasteiger partial charge in [-0.05, 0) is 76.5 Å². The Kier molecular flexibility index (Phi) is 8.14. The molecule has 32 heavy (non-hydrogen) atoms. The van der Waals surface area contributed by atoms with E-state index in [1.165, 1.54) is 11.1 Å². The van der Waals surface area contributed by atoms with Crippen LogP contribution in [-0.4, -0.2) is 16.9 Å². The maximum Gasteiger partial charge on any atom is 0.0845 e. The van der Waals surface area contributed by atoms with Gasteiger partial charge in [-0.15, -0.1) is 0 Å². The predicted molar refractivity (Wildman–Crippen MR) is 141 cm³/mol. The van der Waals surface area contributed by atoms with Crippen molar-refractivity contribution in [2.75, 3.05) is 0 Å². The van der Waals surface area contributed by atoms with Gasteiger partial charge in [0.15, 0.2) is 0 Å². The number of aryl methyl sites for hydroxylation is 1. The number of halogens is 1. The van der Waals surface area contributed by atoms with E-state index >= 15 is 0 Å². The van der Waals surface area contributed by atoms with E-state index in [2.05, 4.69) is 74.8 Å². The van der Waals surface area contributed by atoms with Gasteiger partial charge in [0.2, 0.25) is 0 Å². The lowest BCUT2D eigenvalue weighted by Gasteiger charge is -2.16. The number of pyridine rings is 1. The molecule has 0 N–H and O–H groups in total. The summed E-state index contributed by atoms with van der Waals surface area (Å²) in [6.07, 6.45) is 2.67. The standard InChI is InChI=1S/C28H32BrN3/c1-18(2)23-12-9-13-24(19(3)4)28(23)30-17-16-22-11-8-15-26(32-22)21(6)31-27-20(5)10-7-14-25(27)29/h7-15,17-19H,16H2,1-6H3. The highest BCUT2D eigenvalue weighted by molar-refractivity contribution is 9.10. The zero-order valence-electron chi connectivity index (χ0n) is 19.9. The average molecular weight is 490 g/mol. The van der Waals surface area contributed by atoms with Crippen LogP contribution >= 0.6 is 15.9 Å². The van der Waals surface area contributed by atoms with Gasteiger partial charge in [0.25, 0.3) is 0 Å². The first-order valence-electron chi connectivity index (χ1n) is 11.2. The van der Waals surface area contributed by atoms with Crippen LogP contribution in [0.25, 0.3) is 0 Å². The number of nitrogens with zero attached hydrogens (tertiary/aromatic N) is 3. The van der Waals surface area contributed by atoms with Crippen molar-refractivity contribution >= 4 is 39.2 Å². The number of benzene rings is 2. The molecule has 0 unspecified atom stereocenters. The van der Waals surface area contributed by atoms with E-state index in [1.807, 2.05) is 43.5 Å². The number of aliphatic imine (C=N–C) groups is 2. The minimum Gasteiger partial charge on any atom is -0.260 e. The fourth-order valence-corrected chi connectivity index (χ4v) is 4.23. The highest BCUT2D eigenvalue weighted by Gasteiger charge is 2.12. The minimum atomic E-state index is 0.432. The van der Waals surface area contributed by atoms with Gasteiger partial charge in [0.05, 0.1) is 22.8 Å². The molecule has 0 saturated carbocycles. The van der Waals surface area contributed by atoms with Gasteiger partial charge in [-0.2, -0.15) is 0 Å². The molecular weight excluding hydrogens is 458 g/mol. The Bertz CT molecular complexity index is 1100. The van der Waals surface area contributed by atoms with Crippen LogP contribution in [0.1, 0.15) is 74.5 Å². The number of para-hydroxylation sites is 2. The van der Waals surface area contributed by atoms with Gasteiger partial charge in [0, 0.05) is 22.8 Å². The van der Waals surface area contributed by atoms with Gasteiger partial charge in [-0.25, -0.2) is 0 Å². The van der Waals surface area contributed by atoms with Crippen molar-refractivity contribution in [3.8, 4) is 0 Å². The molecule has 0 aliphatic carbocycles. The second-order valence-electron chi connectivity index (χ2n) is 8.73. The molecule has 3 rings (SSSR count). The van der Waals surface area contributed by atoms with E-state index in [4.69, 9.17) is 15.0 Å². The molecule has 3 aromatic rings. The molecule has 0 saturated heterocycles. The summed E-state index contributed by atoms with van der Waals surface area (Å²) in [6, 6.07) is 18.7. The lowest BCUT2D eigenvalue weighted by atomic mass is 9.93. The Morgan fingerprint density at radius 3 is 2.16 bits per heavy atom. The fourth-order valence-electron chi connectivity index (χ4n) is 3.68. The molecule has 0 spiro atoms. The molecular formula is C28H32BrN3. The van der Waals surface area contributed by atoms with Crippen LogP contribution in [0, 0.1) is 6.92 Å². The second-order valence-corrected chi connectivity index (χ2v) is 9.58. The van der Waals surface area contributed by atoms with E-state index in [0.717, 1.165) is 38.5 Å². The SMILES string of the molecule is CC(=Nc1c(C)cccc1Br)c1cccc(CC=Nc2c(C(C)C)cccc2C(C)C)n1. The summed E-state index contributed by atoms with van der Waals surface area (Å²) in [6.45, 7) is 13.0. The molecule has 0 bridgehead atoms. The third-order valence-corrected chi connectivity index (χ3v) is 6.15. The summed E-state index contributed by atoms with van der Waals surface area (Å²) in [5.74, 6) is 0.865. The quantitative estimate of drug-likeness (QED) is 0.306. The Morgan fingerprint density at radius 2 is 1.53 bits per heavy atom. The number of rotatable bonds is 7. The summed E-state index contributed by atoms with van der Waals surface area (Å²) in [5.41, 5.74) is 8.54. The van der Waals surface area contributed by atoms with Gasteiger partial charge >= 0.3 is 0 Å². The molecule has 1 aromatic heterocycles. The molecule has 0 radical (unpaired) electrons. The van der Waals surface area contributed by atoms with Crippen LogP contribution < -0.4 is 0 Å². The highest BCUT2D eigenvalue weighted by atomic mass is 79.9. The van der Waals surface area contributed by atoms with E-state index in [1.54, 1.807) is 0 Å². The van der Waals surface area contributed by atoms with Gasteiger partial charge in [-0.1, -0.05) is 64.1 Å². The summed E-state index contributed by atoms with van der Waals surface area (Å²) in [4.78, 5) is 14.6. The van der Waals surface area contributed by atoms with Crippen LogP contribution in [0.15, 0.2) is 69.1 Å². The van der Waals surface area contributed by atoms with E-state index in [9.17, 15) is 0 Å². The Labute approximate surface area is 200 Å². The maximum absolute atomic E-state index is 4.91. The fraction of sp³-hybridized carbons (Fsp3) is 0.321. The van der Waals surface area contributed by atoms with Crippen molar-refractivity contribution < 1.29 is 0 Å². The smallest absolute Gasteiger partial charge is 0.0845 e. The highest BCUT2D eigenvalue weighted by Crippen LogP contribution is 2.34. The van der Waals surface area contributed by atoms with E-state index in [0.29, 0.717) is 18.3 Å². The van der Waals surface area contributed by atoms with Crippen molar-refractivity contribution in [2.24, 2.45) is 9.98 Å². The number of aromatic nitrogens is 1. The van der Waals surface area contributed by atoms with E-state index < -0.39 is 0 Å². The molecule has 166 valence electrons. The molecule has 0 fully saturated rings. The van der Waals surface area contributed by atoms with Crippen molar-refractivity contribution in [1.82, 2.24) is 4.98 Å². The van der Waals surface area contributed by atoms with Crippen LogP contribution in [0.2, 0.25) is 0 Å². The molecule has 0 aliphatic heterocycles. The largest absolute Gasteiger partial charge is 0.260 e. The molecule has 1 heterocycles. The summed E-state index contributed by atoms with van der Waals surface area (Å²) in [5, 5.41) is 0. The average Bonchev–Trinajstić information content (AvgIpc) is 2.76. The summed E-state index contributed by atoms with van der Waals surface area (Å²) in [7, 11) is 0.